The molecule has 0 aliphatic carbocycles. The maximum absolute atomic E-state index is 10.9. The minimum absolute atomic E-state index is 0.225. The lowest BCUT2D eigenvalue weighted by molar-refractivity contribution is 0.0695. The summed E-state index contributed by atoms with van der Waals surface area (Å²) in [6, 6.07) is 3.51. The van der Waals surface area contributed by atoms with Crippen LogP contribution >= 0.6 is 0 Å². The minimum atomic E-state index is -0.958. The van der Waals surface area contributed by atoms with E-state index in [-0.39, 0.29) is 5.56 Å². The second-order valence-electron chi connectivity index (χ2n) is 4.66. The quantitative estimate of drug-likeness (QED) is 0.898. The van der Waals surface area contributed by atoms with Gasteiger partial charge in [0.25, 0.3) is 0 Å². The maximum atomic E-state index is 10.9. The van der Waals surface area contributed by atoms with Gasteiger partial charge in [0.2, 0.25) is 0 Å². The van der Waals surface area contributed by atoms with E-state index < -0.39 is 5.97 Å². The first-order valence-corrected chi connectivity index (χ1v) is 6.01. The summed E-state index contributed by atoms with van der Waals surface area (Å²) in [5.41, 5.74) is 1.34. The Bertz CT molecular complexity index is 582. The Kier molecular flexibility index (Phi) is 3.76. The molecule has 0 aliphatic rings. The Balaban J connectivity index is 2.03. The summed E-state index contributed by atoms with van der Waals surface area (Å²) in [6.07, 6.45) is 1.66. The molecular formula is C14H17NO4. The first-order chi connectivity index (χ1) is 8.97. The van der Waals surface area contributed by atoms with Gasteiger partial charge < -0.3 is 13.9 Å². The van der Waals surface area contributed by atoms with Gasteiger partial charge in [0.05, 0.1) is 12.8 Å². The maximum Gasteiger partial charge on any atom is 0.339 e. The van der Waals surface area contributed by atoms with Gasteiger partial charge in [0.15, 0.2) is 0 Å². The standard InChI is InChI=1S/C14H17NO4/c1-9-11(4-5-18-9)7-15(3)8-12-6-13(14(16)17)10(2)19-12/h4-6H,7-8H2,1-3H3,(H,16,17). The van der Waals surface area contributed by atoms with Gasteiger partial charge >= 0.3 is 5.97 Å². The highest BCUT2D eigenvalue weighted by Gasteiger charge is 2.15. The van der Waals surface area contributed by atoms with Gasteiger partial charge in [-0.15, -0.1) is 0 Å². The molecule has 0 bridgehead atoms. The van der Waals surface area contributed by atoms with Crippen LogP contribution in [0.15, 0.2) is 27.2 Å². The molecule has 5 heteroatoms. The molecule has 0 amide bonds. The molecule has 102 valence electrons. The van der Waals surface area contributed by atoms with Gasteiger partial charge in [-0.1, -0.05) is 0 Å². The SMILES string of the molecule is Cc1occc1CN(C)Cc1cc(C(=O)O)c(C)o1. The lowest BCUT2D eigenvalue weighted by atomic mass is 10.2. The second-order valence-corrected chi connectivity index (χ2v) is 4.66. The van der Waals surface area contributed by atoms with Crippen molar-refractivity contribution in [3.05, 3.63) is 46.8 Å². The number of nitrogens with zero attached hydrogens (tertiary/aromatic N) is 1. The Labute approximate surface area is 111 Å². The molecule has 0 saturated carbocycles. The molecule has 2 rings (SSSR count). The van der Waals surface area contributed by atoms with Gasteiger partial charge in [-0.05, 0) is 33.0 Å². The van der Waals surface area contributed by atoms with Crippen molar-refractivity contribution in [1.29, 1.82) is 0 Å². The van der Waals surface area contributed by atoms with Crippen LogP contribution in [-0.2, 0) is 13.1 Å². The van der Waals surface area contributed by atoms with Crippen molar-refractivity contribution in [1.82, 2.24) is 4.90 Å². The van der Waals surface area contributed by atoms with Crippen molar-refractivity contribution < 1.29 is 18.7 Å². The van der Waals surface area contributed by atoms with Gasteiger partial charge in [0, 0.05) is 12.1 Å². The first-order valence-electron chi connectivity index (χ1n) is 6.01. The smallest absolute Gasteiger partial charge is 0.339 e. The Morgan fingerprint density at radius 3 is 2.58 bits per heavy atom. The molecule has 5 nitrogen and oxygen atoms in total. The fraction of sp³-hybridized carbons (Fsp3) is 0.357. The largest absolute Gasteiger partial charge is 0.478 e. The second kappa shape index (κ2) is 5.32. The van der Waals surface area contributed by atoms with E-state index in [9.17, 15) is 4.79 Å². The molecule has 0 aromatic carbocycles. The van der Waals surface area contributed by atoms with Crippen molar-refractivity contribution in [2.45, 2.75) is 26.9 Å². The summed E-state index contributed by atoms with van der Waals surface area (Å²) in [6.45, 7) is 4.86. The zero-order valence-corrected chi connectivity index (χ0v) is 11.3. The number of aromatic carboxylic acids is 1. The topological polar surface area (TPSA) is 66.8 Å². The highest BCUT2D eigenvalue weighted by molar-refractivity contribution is 5.88. The van der Waals surface area contributed by atoms with Crippen molar-refractivity contribution in [2.24, 2.45) is 0 Å². The van der Waals surface area contributed by atoms with Crippen LogP contribution in [0.1, 0.15) is 33.2 Å². The molecular weight excluding hydrogens is 246 g/mol. The molecule has 0 aliphatic heterocycles. The monoisotopic (exact) mass is 263 g/mol. The Morgan fingerprint density at radius 1 is 1.32 bits per heavy atom. The highest BCUT2D eigenvalue weighted by atomic mass is 16.4. The summed E-state index contributed by atoms with van der Waals surface area (Å²) in [4.78, 5) is 13.0. The molecule has 0 radical (unpaired) electrons. The molecule has 1 N–H and O–H groups in total. The van der Waals surface area contributed by atoms with Crippen molar-refractivity contribution in [3.63, 3.8) is 0 Å². The van der Waals surface area contributed by atoms with Crippen LogP contribution < -0.4 is 0 Å². The number of carboxylic acid groups (broad SMARTS) is 1. The van der Waals surface area contributed by atoms with Crippen LogP contribution in [0.25, 0.3) is 0 Å². The van der Waals surface area contributed by atoms with Gasteiger partial charge in [-0.25, -0.2) is 4.79 Å². The lowest BCUT2D eigenvalue weighted by Gasteiger charge is -2.14. The molecule has 0 fully saturated rings. The third kappa shape index (κ3) is 3.06. The minimum Gasteiger partial charge on any atom is -0.478 e. The summed E-state index contributed by atoms with van der Waals surface area (Å²) in [7, 11) is 1.95. The van der Waals surface area contributed by atoms with E-state index in [1.54, 1.807) is 19.3 Å². The molecule has 2 aromatic rings. The zero-order chi connectivity index (χ0) is 14.0. The number of hydrogen-bond acceptors (Lipinski definition) is 4. The third-order valence-electron chi connectivity index (χ3n) is 3.03. The summed E-state index contributed by atoms with van der Waals surface area (Å²) >= 11 is 0. The average molecular weight is 263 g/mol. The number of hydrogen-bond donors (Lipinski definition) is 1. The van der Waals surface area contributed by atoms with Crippen LogP contribution in [0.2, 0.25) is 0 Å². The first kappa shape index (κ1) is 13.4. The van der Waals surface area contributed by atoms with Crippen molar-refractivity contribution in [2.75, 3.05) is 7.05 Å². The fourth-order valence-electron chi connectivity index (χ4n) is 2.02. The number of rotatable bonds is 5. The van der Waals surface area contributed by atoms with Crippen LogP contribution in [0.3, 0.4) is 0 Å². The normalized spacial score (nSPS) is 11.2. The molecule has 0 spiro atoms. The third-order valence-corrected chi connectivity index (χ3v) is 3.03. The zero-order valence-electron chi connectivity index (χ0n) is 11.3. The molecule has 0 atom stereocenters. The molecule has 0 saturated heterocycles. The predicted octanol–water partition coefficient (Wildman–Crippen LogP) is 2.82. The molecule has 19 heavy (non-hydrogen) atoms. The Hall–Kier alpha value is -2.01. The van der Waals surface area contributed by atoms with E-state index in [1.807, 2.05) is 24.9 Å². The van der Waals surface area contributed by atoms with E-state index in [0.717, 1.165) is 17.9 Å². The number of aryl methyl sites for hydroxylation is 2. The molecule has 2 aromatic heterocycles. The number of carboxylic acids is 1. The Morgan fingerprint density at radius 2 is 2.05 bits per heavy atom. The van der Waals surface area contributed by atoms with E-state index in [4.69, 9.17) is 13.9 Å². The van der Waals surface area contributed by atoms with E-state index in [2.05, 4.69) is 0 Å². The number of furan rings is 2. The van der Waals surface area contributed by atoms with E-state index in [1.165, 1.54) is 0 Å². The van der Waals surface area contributed by atoms with Crippen LogP contribution in [-0.4, -0.2) is 23.0 Å². The summed E-state index contributed by atoms with van der Waals surface area (Å²) in [5.74, 6) is 1.03. The van der Waals surface area contributed by atoms with Crippen molar-refractivity contribution >= 4 is 5.97 Å². The van der Waals surface area contributed by atoms with E-state index in [0.29, 0.717) is 18.1 Å². The predicted molar refractivity (Wildman–Crippen MR) is 69.0 cm³/mol. The highest BCUT2D eigenvalue weighted by Crippen LogP contribution is 2.18. The fourth-order valence-corrected chi connectivity index (χ4v) is 2.02. The van der Waals surface area contributed by atoms with E-state index >= 15 is 0 Å². The molecule has 2 heterocycles. The average Bonchev–Trinajstić information content (AvgIpc) is 2.86. The molecule has 0 unspecified atom stereocenters. The van der Waals surface area contributed by atoms with Gasteiger partial charge in [-0.3, -0.25) is 4.90 Å². The van der Waals surface area contributed by atoms with Gasteiger partial charge in [0.1, 0.15) is 22.8 Å². The summed E-state index contributed by atoms with van der Waals surface area (Å²) < 4.78 is 10.7. The van der Waals surface area contributed by atoms with Crippen LogP contribution in [0.5, 0.6) is 0 Å². The van der Waals surface area contributed by atoms with Crippen molar-refractivity contribution in [3.8, 4) is 0 Å². The van der Waals surface area contributed by atoms with Gasteiger partial charge in [-0.2, -0.15) is 0 Å². The van der Waals surface area contributed by atoms with Crippen LogP contribution in [0, 0.1) is 13.8 Å². The van der Waals surface area contributed by atoms with Crippen LogP contribution in [0.4, 0.5) is 0 Å². The number of carbonyl (C=O) groups is 1. The summed E-state index contributed by atoms with van der Waals surface area (Å²) in [5, 5.41) is 8.97. The lowest BCUT2D eigenvalue weighted by Crippen LogP contribution is -2.17.